The van der Waals surface area contributed by atoms with Gasteiger partial charge < -0.3 is 5.73 Å². The third kappa shape index (κ3) is 2.61. The predicted octanol–water partition coefficient (Wildman–Crippen LogP) is 4.01. The van der Waals surface area contributed by atoms with Crippen LogP contribution in [-0.2, 0) is 5.54 Å². The van der Waals surface area contributed by atoms with Crippen molar-refractivity contribution in [2.75, 3.05) is 0 Å². The molecule has 2 N–H and O–H groups in total. The molecule has 1 fully saturated rings. The second kappa shape index (κ2) is 4.21. The summed E-state index contributed by atoms with van der Waals surface area (Å²) in [7, 11) is 0. The van der Waals surface area contributed by atoms with E-state index in [9.17, 15) is 8.78 Å². The number of nitrogens with two attached hydrogens (primary N) is 1. The average Bonchev–Trinajstić information content (AvgIpc) is 2.27. The molecule has 0 bridgehead atoms. The van der Waals surface area contributed by atoms with Crippen LogP contribution in [0.2, 0.25) is 5.02 Å². The number of benzene rings is 1. The fourth-order valence-electron chi connectivity index (χ4n) is 2.30. The van der Waals surface area contributed by atoms with Gasteiger partial charge in [-0.2, -0.15) is 0 Å². The number of aryl methyl sites for hydroxylation is 1. The van der Waals surface area contributed by atoms with Gasteiger partial charge in [-0.15, -0.1) is 0 Å². The third-order valence-electron chi connectivity index (χ3n) is 3.61. The molecule has 0 spiro atoms. The first-order valence-corrected chi connectivity index (χ1v) is 6.14. The molecule has 0 aliphatic heterocycles. The molecule has 94 valence electrons. The Morgan fingerprint density at radius 1 is 1.18 bits per heavy atom. The molecule has 1 aliphatic rings. The SMILES string of the molecule is Cc1cc(C2(N)CCC(F)(F)CC2)ccc1Cl. The molecule has 0 heterocycles. The molecule has 0 aromatic heterocycles. The van der Waals surface area contributed by atoms with E-state index < -0.39 is 11.5 Å². The van der Waals surface area contributed by atoms with Crippen LogP contribution in [0.4, 0.5) is 8.78 Å². The topological polar surface area (TPSA) is 26.0 Å². The first-order valence-electron chi connectivity index (χ1n) is 5.76. The molecule has 1 aliphatic carbocycles. The zero-order chi connectivity index (χ0) is 12.7. The Labute approximate surface area is 105 Å². The van der Waals surface area contributed by atoms with Crippen molar-refractivity contribution in [2.45, 2.75) is 44.1 Å². The predicted molar refractivity (Wildman–Crippen MR) is 65.5 cm³/mol. The maximum atomic E-state index is 13.1. The largest absolute Gasteiger partial charge is 0.321 e. The second-order valence-corrected chi connectivity index (χ2v) is 5.38. The highest BCUT2D eigenvalue weighted by Crippen LogP contribution is 2.42. The maximum Gasteiger partial charge on any atom is 0.248 e. The summed E-state index contributed by atoms with van der Waals surface area (Å²) in [4.78, 5) is 0. The van der Waals surface area contributed by atoms with Crippen LogP contribution in [0.3, 0.4) is 0 Å². The molecule has 0 radical (unpaired) electrons. The molecule has 1 aromatic rings. The van der Waals surface area contributed by atoms with Crippen molar-refractivity contribution in [2.24, 2.45) is 5.73 Å². The van der Waals surface area contributed by atoms with E-state index in [0.717, 1.165) is 11.1 Å². The van der Waals surface area contributed by atoms with Crippen LogP contribution in [0.15, 0.2) is 18.2 Å². The minimum Gasteiger partial charge on any atom is -0.321 e. The van der Waals surface area contributed by atoms with Crippen LogP contribution >= 0.6 is 11.6 Å². The summed E-state index contributed by atoms with van der Waals surface area (Å²) in [6, 6.07) is 5.54. The molecule has 0 unspecified atom stereocenters. The van der Waals surface area contributed by atoms with Crippen LogP contribution in [0.5, 0.6) is 0 Å². The van der Waals surface area contributed by atoms with Gasteiger partial charge in [0.25, 0.3) is 0 Å². The Kier molecular flexibility index (Phi) is 3.17. The Hall–Kier alpha value is -0.670. The Bertz CT molecular complexity index is 421. The van der Waals surface area contributed by atoms with E-state index in [2.05, 4.69) is 0 Å². The summed E-state index contributed by atoms with van der Waals surface area (Å²) in [5, 5.41) is 0.679. The Morgan fingerprint density at radius 3 is 2.29 bits per heavy atom. The number of rotatable bonds is 1. The quantitative estimate of drug-likeness (QED) is 0.810. The van der Waals surface area contributed by atoms with Gasteiger partial charge in [-0.1, -0.05) is 23.7 Å². The summed E-state index contributed by atoms with van der Waals surface area (Å²) in [5.41, 5.74) is 7.46. The summed E-state index contributed by atoms with van der Waals surface area (Å²) >= 11 is 5.95. The fourth-order valence-corrected chi connectivity index (χ4v) is 2.42. The minimum absolute atomic E-state index is 0.134. The van der Waals surface area contributed by atoms with Crippen LogP contribution in [0.1, 0.15) is 36.8 Å². The van der Waals surface area contributed by atoms with E-state index >= 15 is 0 Å². The first kappa shape index (κ1) is 12.8. The van der Waals surface area contributed by atoms with E-state index in [1.165, 1.54) is 0 Å². The zero-order valence-electron chi connectivity index (χ0n) is 9.77. The van der Waals surface area contributed by atoms with E-state index in [0.29, 0.717) is 17.9 Å². The number of hydrogen-bond donors (Lipinski definition) is 1. The highest BCUT2D eigenvalue weighted by atomic mass is 35.5. The third-order valence-corrected chi connectivity index (χ3v) is 4.03. The Balaban J connectivity index is 2.24. The monoisotopic (exact) mass is 259 g/mol. The molecule has 0 atom stereocenters. The van der Waals surface area contributed by atoms with Gasteiger partial charge in [-0.05, 0) is 37.0 Å². The van der Waals surface area contributed by atoms with Crippen molar-refractivity contribution in [1.29, 1.82) is 0 Å². The summed E-state index contributed by atoms with van der Waals surface area (Å²) in [6.45, 7) is 1.90. The molecule has 1 nitrogen and oxygen atoms in total. The van der Waals surface area contributed by atoms with Crippen LogP contribution in [0, 0.1) is 6.92 Å². The average molecular weight is 260 g/mol. The van der Waals surface area contributed by atoms with Gasteiger partial charge in [-0.25, -0.2) is 8.78 Å². The zero-order valence-corrected chi connectivity index (χ0v) is 10.5. The molecule has 4 heteroatoms. The van der Waals surface area contributed by atoms with Crippen molar-refractivity contribution < 1.29 is 8.78 Å². The van der Waals surface area contributed by atoms with Crippen molar-refractivity contribution in [3.8, 4) is 0 Å². The number of hydrogen-bond acceptors (Lipinski definition) is 1. The highest BCUT2D eigenvalue weighted by Gasteiger charge is 2.42. The minimum atomic E-state index is -2.55. The molecule has 0 saturated heterocycles. The lowest BCUT2D eigenvalue weighted by Crippen LogP contribution is -2.43. The molecule has 17 heavy (non-hydrogen) atoms. The summed E-state index contributed by atoms with van der Waals surface area (Å²) in [6.07, 6.45) is 0.374. The molecule has 1 saturated carbocycles. The van der Waals surface area contributed by atoms with Crippen LogP contribution < -0.4 is 5.73 Å². The van der Waals surface area contributed by atoms with E-state index in [4.69, 9.17) is 17.3 Å². The number of alkyl halides is 2. The normalized spacial score (nSPS) is 22.4. The number of halogens is 3. The van der Waals surface area contributed by atoms with Gasteiger partial charge in [0.05, 0.1) is 0 Å². The fraction of sp³-hybridized carbons (Fsp3) is 0.538. The Morgan fingerprint density at radius 2 is 1.76 bits per heavy atom. The van der Waals surface area contributed by atoms with E-state index in [-0.39, 0.29) is 12.8 Å². The van der Waals surface area contributed by atoms with Gasteiger partial charge >= 0.3 is 0 Å². The standard InChI is InChI=1S/C13H16ClF2N/c1-9-8-10(2-3-11(9)14)12(17)4-6-13(15,16)7-5-12/h2-3,8H,4-7,17H2,1H3. The van der Waals surface area contributed by atoms with Gasteiger partial charge in [0, 0.05) is 23.4 Å². The van der Waals surface area contributed by atoms with Crippen molar-refractivity contribution >= 4 is 11.6 Å². The molecule has 2 rings (SSSR count). The first-order chi connectivity index (χ1) is 7.82. The lowest BCUT2D eigenvalue weighted by molar-refractivity contribution is -0.0514. The molecular formula is C13H16ClF2N. The smallest absolute Gasteiger partial charge is 0.248 e. The van der Waals surface area contributed by atoms with Crippen molar-refractivity contribution in [3.63, 3.8) is 0 Å². The van der Waals surface area contributed by atoms with Crippen LogP contribution in [-0.4, -0.2) is 5.92 Å². The van der Waals surface area contributed by atoms with Gasteiger partial charge in [0.2, 0.25) is 5.92 Å². The van der Waals surface area contributed by atoms with Crippen LogP contribution in [0.25, 0.3) is 0 Å². The molecule has 1 aromatic carbocycles. The molecule has 0 amide bonds. The summed E-state index contributed by atoms with van der Waals surface area (Å²) in [5.74, 6) is -2.55. The van der Waals surface area contributed by atoms with Gasteiger partial charge in [0.1, 0.15) is 0 Å². The maximum absolute atomic E-state index is 13.1. The van der Waals surface area contributed by atoms with Crippen molar-refractivity contribution in [1.82, 2.24) is 0 Å². The second-order valence-electron chi connectivity index (χ2n) is 4.98. The van der Waals surface area contributed by atoms with E-state index in [1.807, 2.05) is 19.1 Å². The summed E-state index contributed by atoms with van der Waals surface area (Å²) < 4.78 is 26.3. The highest BCUT2D eigenvalue weighted by molar-refractivity contribution is 6.31. The molecular weight excluding hydrogens is 244 g/mol. The van der Waals surface area contributed by atoms with E-state index in [1.54, 1.807) is 6.07 Å². The van der Waals surface area contributed by atoms with Gasteiger partial charge in [-0.3, -0.25) is 0 Å². The lowest BCUT2D eigenvalue weighted by atomic mass is 9.76. The lowest BCUT2D eigenvalue weighted by Gasteiger charge is -2.37. The van der Waals surface area contributed by atoms with Crippen molar-refractivity contribution in [3.05, 3.63) is 34.3 Å². The van der Waals surface area contributed by atoms with Gasteiger partial charge in [0.15, 0.2) is 0 Å².